The van der Waals surface area contributed by atoms with Crippen molar-refractivity contribution in [3.63, 3.8) is 0 Å². The number of carbonyl (C=O) groups is 9. The van der Waals surface area contributed by atoms with Crippen molar-refractivity contribution in [2.24, 2.45) is 17.4 Å². The van der Waals surface area contributed by atoms with Crippen molar-refractivity contribution in [1.82, 2.24) is 57.2 Å². The number of aromatic nitrogens is 4. The van der Waals surface area contributed by atoms with Gasteiger partial charge in [0, 0.05) is 43.0 Å². The molecule has 2 heterocycles. The standard InChI is InChI=1S/C36H57N13O13/c1-16(2)7-22(31(56)48-26(13-51)34(59)49-28(18(4)52)35(60)46-24(36(61)62)9-20-11-40-15-42-20)45-32(57)23(8-19-10-39-14-41-19)44-29(54)17(3)43-33(58)25(12-50)47-30(55)21(37)5-6-27(38)53/h10-11,14-18,21-26,28,50-52H,5-9,12-13,37H2,1-4H3,(H2,38,53)(H,39,41)(H,40,42)(H,43,58)(H,44,54)(H,45,57)(H,46,60)(H,47,55)(H,48,56)(H,49,59)(H,61,62)/t17-,18+,21-,22-,23-,24-,25-,26-,28-/m0/s1. The Hall–Kier alpha value is -6.51. The van der Waals surface area contributed by atoms with Gasteiger partial charge >= 0.3 is 5.97 Å². The Morgan fingerprint density at radius 1 is 0.629 bits per heavy atom. The Bertz CT molecular complexity index is 1830. The lowest BCUT2D eigenvalue weighted by Gasteiger charge is -2.28. The van der Waals surface area contributed by atoms with E-state index in [2.05, 4.69) is 57.2 Å². The topological polar surface area (TPSA) is 428 Å². The summed E-state index contributed by atoms with van der Waals surface area (Å²) in [7, 11) is 0. The van der Waals surface area contributed by atoms with Gasteiger partial charge in [0.1, 0.15) is 42.3 Å². The van der Waals surface area contributed by atoms with Crippen LogP contribution in [0.3, 0.4) is 0 Å². The molecular formula is C36H57N13O13. The molecule has 2 aromatic rings. The smallest absolute Gasteiger partial charge is 0.326 e. The number of carboxylic acid groups (broad SMARTS) is 1. The van der Waals surface area contributed by atoms with E-state index in [1.165, 1.54) is 32.0 Å². The van der Waals surface area contributed by atoms with E-state index in [4.69, 9.17) is 11.5 Å². The van der Waals surface area contributed by atoms with Gasteiger partial charge in [-0.15, -0.1) is 0 Å². The van der Waals surface area contributed by atoms with Crippen LogP contribution in [-0.2, 0) is 56.0 Å². The summed E-state index contributed by atoms with van der Waals surface area (Å²) in [6.45, 7) is 3.92. The SMILES string of the molecule is CC(C)C[C@H](NC(=O)[C@H](Cc1cnc[nH]1)NC(=O)[C@H](C)NC(=O)[C@H](CO)NC(=O)[C@@H](N)CCC(N)=O)C(=O)N[C@@H](CO)C(=O)N[C@H](C(=O)N[C@@H](Cc1cnc[nH]1)C(=O)O)[C@@H](C)O. The quantitative estimate of drug-likeness (QED) is 0.0397. The van der Waals surface area contributed by atoms with Gasteiger partial charge in [-0.1, -0.05) is 13.8 Å². The summed E-state index contributed by atoms with van der Waals surface area (Å²) in [5.41, 5.74) is 11.5. The minimum atomic E-state index is -1.74. The molecule has 0 saturated heterocycles. The normalized spacial score (nSPS) is 15.5. The van der Waals surface area contributed by atoms with Gasteiger partial charge in [-0.2, -0.15) is 0 Å². The highest BCUT2D eigenvalue weighted by atomic mass is 16.4. The second-order valence-corrected chi connectivity index (χ2v) is 14.8. The summed E-state index contributed by atoms with van der Waals surface area (Å²) in [6, 6.07) is -12.0. The minimum Gasteiger partial charge on any atom is -0.480 e. The molecule has 17 N–H and O–H groups in total. The Labute approximate surface area is 354 Å². The molecule has 0 aliphatic rings. The lowest BCUT2D eigenvalue weighted by molar-refractivity contribution is -0.143. The molecule has 0 aliphatic heterocycles. The molecule has 0 unspecified atom stereocenters. The number of imidazole rings is 2. The van der Waals surface area contributed by atoms with Gasteiger partial charge in [0.2, 0.25) is 47.3 Å². The van der Waals surface area contributed by atoms with Crippen LogP contribution in [0.4, 0.5) is 0 Å². The van der Waals surface area contributed by atoms with E-state index in [9.17, 15) is 63.6 Å². The number of hydrogen-bond acceptors (Lipinski definition) is 15. The van der Waals surface area contributed by atoms with Crippen LogP contribution in [-0.4, -0.2) is 161 Å². The van der Waals surface area contributed by atoms with Crippen molar-refractivity contribution in [3.8, 4) is 0 Å². The van der Waals surface area contributed by atoms with Crippen LogP contribution in [0.25, 0.3) is 0 Å². The zero-order valence-electron chi connectivity index (χ0n) is 34.5. The first kappa shape index (κ1) is 51.6. The van der Waals surface area contributed by atoms with Crippen LogP contribution in [0.1, 0.15) is 58.3 Å². The molecule has 344 valence electrons. The van der Waals surface area contributed by atoms with Crippen molar-refractivity contribution >= 4 is 53.2 Å². The third kappa shape index (κ3) is 17.2. The van der Waals surface area contributed by atoms with E-state index in [1.807, 2.05) is 0 Å². The maximum atomic E-state index is 13.8. The molecule has 62 heavy (non-hydrogen) atoms. The van der Waals surface area contributed by atoms with Gasteiger partial charge in [-0.25, -0.2) is 14.8 Å². The number of nitrogens with zero attached hydrogens (tertiary/aromatic N) is 2. The number of H-pyrrole nitrogens is 2. The molecular weight excluding hydrogens is 822 g/mol. The van der Waals surface area contributed by atoms with Gasteiger partial charge < -0.3 is 79.1 Å². The molecule has 0 aliphatic carbocycles. The molecule has 0 saturated carbocycles. The monoisotopic (exact) mass is 879 g/mol. The van der Waals surface area contributed by atoms with Crippen LogP contribution in [0.2, 0.25) is 0 Å². The van der Waals surface area contributed by atoms with E-state index in [-0.39, 0.29) is 38.0 Å². The highest BCUT2D eigenvalue weighted by Gasteiger charge is 2.35. The van der Waals surface area contributed by atoms with E-state index in [0.29, 0.717) is 11.4 Å². The number of aliphatic hydroxyl groups excluding tert-OH is 3. The fraction of sp³-hybridized carbons (Fsp3) is 0.583. The number of rotatable bonds is 27. The average molecular weight is 880 g/mol. The minimum absolute atomic E-state index is 0.0272. The summed E-state index contributed by atoms with van der Waals surface area (Å²) in [5, 5.41) is 56.1. The molecule has 26 nitrogen and oxygen atoms in total. The first-order valence-electron chi connectivity index (χ1n) is 19.4. The number of carboxylic acids is 1. The third-order valence-electron chi connectivity index (χ3n) is 9.03. The van der Waals surface area contributed by atoms with Crippen LogP contribution in [0.5, 0.6) is 0 Å². The number of hydrogen-bond donors (Lipinski definition) is 15. The first-order chi connectivity index (χ1) is 29.2. The highest BCUT2D eigenvalue weighted by molar-refractivity contribution is 5.97. The van der Waals surface area contributed by atoms with Crippen molar-refractivity contribution in [1.29, 1.82) is 0 Å². The summed E-state index contributed by atoms with van der Waals surface area (Å²) in [4.78, 5) is 128. The van der Waals surface area contributed by atoms with Gasteiger partial charge in [-0.05, 0) is 32.6 Å². The maximum absolute atomic E-state index is 13.8. The lowest BCUT2D eigenvalue weighted by Crippen LogP contribution is -2.62. The fourth-order valence-electron chi connectivity index (χ4n) is 5.58. The summed E-state index contributed by atoms with van der Waals surface area (Å²) in [5.74, 6) is -9.28. The number of aromatic amines is 2. The number of primary amides is 1. The van der Waals surface area contributed by atoms with E-state index in [0.717, 1.165) is 6.92 Å². The number of nitrogens with one attached hydrogen (secondary N) is 9. The molecule has 8 amide bonds. The van der Waals surface area contributed by atoms with Gasteiger partial charge in [0.05, 0.1) is 38.0 Å². The number of carbonyl (C=O) groups excluding carboxylic acids is 8. The summed E-state index contributed by atoms with van der Waals surface area (Å²) >= 11 is 0. The van der Waals surface area contributed by atoms with E-state index >= 15 is 0 Å². The molecule has 0 spiro atoms. The molecule has 0 bridgehead atoms. The highest BCUT2D eigenvalue weighted by Crippen LogP contribution is 2.09. The largest absolute Gasteiger partial charge is 0.480 e. The average Bonchev–Trinajstić information content (AvgIpc) is 3.93. The van der Waals surface area contributed by atoms with Crippen LogP contribution in [0.15, 0.2) is 25.0 Å². The molecule has 9 atom stereocenters. The van der Waals surface area contributed by atoms with Crippen molar-refractivity contribution < 1.29 is 63.6 Å². The summed E-state index contributed by atoms with van der Waals surface area (Å²) in [6.07, 6.45) is 2.95. The van der Waals surface area contributed by atoms with Gasteiger partial charge in [0.15, 0.2) is 0 Å². The molecule has 26 heteroatoms. The predicted molar refractivity (Wildman–Crippen MR) is 213 cm³/mol. The maximum Gasteiger partial charge on any atom is 0.326 e. The number of aliphatic hydroxyl groups is 3. The zero-order chi connectivity index (χ0) is 46.7. The number of nitrogens with two attached hydrogens (primary N) is 2. The molecule has 2 rings (SSSR count). The number of aliphatic carboxylic acids is 1. The van der Waals surface area contributed by atoms with Crippen molar-refractivity contribution in [2.45, 2.75) is 114 Å². The van der Waals surface area contributed by atoms with Crippen LogP contribution >= 0.6 is 0 Å². The van der Waals surface area contributed by atoms with Crippen molar-refractivity contribution in [3.05, 3.63) is 36.4 Å². The fourth-order valence-corrected chi connectivity index (χ4v) is 5.58. The zero-order valence-corrected chi connectivity index (χ0v) is 34.5. The second kappa shape index (κ2) is 25.3. The van der Waals surface area contributed by atoms with E-state index in [1.54, 1.807) is 13.8 Å². The Kier molecular flexibility index (Phi) is 21.1. The number of amides is 8. The Balaban J connectivity index is 2.18. The van der Waals surface area contributed by atoms with Gasteiger partial charge in [-0.3, -0.25) is 38.4 Å². The van der Waals surface area contributed by atoms with Crippen LogP contribution < -0.4 is 48.7 Å². The predicted octanol–water partition coefficient (Wildman–Crippen LogP) is -6.58. The molecule has 0 aromatic carbocycles. The summed E-state index contributed by atoms with van der Waals surface area (Å²) < 4.78 is 0. The second-order valence-electron chi connectivity index (χ2n) is 14.8. The first-order valence-corrected chi connectivity index (χ1v) is 19.4. The van der Waals surface area contributed by atoms with Crippen molar-refractivity contribution in [2.75, 3.05) is 13.2 Å². The Morgan fingerprint density at radius 2 is 1.08 bits per heavy atom. The molecule has 0 radical (unpaired) electrons. The van der Waals surface area contributed by atoms with E-state index < -0.39 is 121 Å². The Morgan fingerprint density at radius 3 is 1.55 bits per heavy atom. The lowest BCUT2D eigenvalue weighted by atomic mass is 10.0. The molecule has 2 aromatic heterocycles. The van der Waals surface area contributed by atoms with Crippen LogP contribution in [0, 0.1) is 5.92 Å². The molecule has 0 fully saturated rings. The van der Waals surface area contributed by atoms with Gasteiger partial charge in [0.25, 0.3) is 0 Å². The third-order valence-corrected chi connectivity index (χ3v) is 9.03.